The van der Waals surface area contributed by atoms with Crippen LogP contribution in [0, 0.1) is 0 Å². The Labute approximate surface area is 161 Å². The van der Waals surface area contributed by atoms with Gasteiger partial charge in [-0.05, 0) is 36.2 Å². The Hall–Kier alpha value is -3.68. The molecule has 0 radical (unpaired) electrons. The zero-order chi connectivity index (χ0) is 19.2. The van der Waals surface area contributed by atoms with Gasteiger partial charge < -0.3 is 14.3 Å². The van der Waals surface area contributed by atoms with E-state index in [2.05, 4.69) is 20.6 Å². The number of carbonyl (C=O) groups excluding carboxylic acids is 1. The van der Waals surface area contributed by atoms with Crippen LogP contribution in [0.5, 0.6) is 0 Å². The zero-order valence-corrected chi connectivity index (χ0v) is 15.1. The summed E-state index contributed by atoms with van der Waals surface area (Å²) < 4.78 is 12.2. The minimum Gasteiger partial charge on any atom is -0.461 e. The van der Waals surface area contributed by atoms with Gasteiger partial charge in [-0.15, -0.1) is 0 Å². The molecule has 0 saturated heterocycles. The SMILES string of the molecule is O=C(CCc1nc(-c2ccco2)no1)NCCc1cnn(-c2ccccc2)c1. The number of aryl methyl sites for hydroxylation is 1. The van der Waals surface area contributed by atoms with Crippen molar-refractivity contribution in [2.45, 2.75) is 19.3 Å². The topological polar surface area (TPSA) is 99.0 Å². The summed E-state index contributed by atoms with van der Waals surface area (Å²) in [6.07, 6.45) is 6.70. The van der Waals surface area contributed by atoms with E-state index < -0.39 is 0 Å². The molecule has 0 spiro atoms. The molecule has 1 amide bonds. The van der Waals surface area contributed by atoms with Gasteiger partial charge in [0.2, 0.25) is 17.6 Å². The average Bonchev–Trinajstić information content (AvgIpc) is 3.48. The summed E-state index contributed by atoms with van der Waals surface area (Å²) in [5.74, 6) is 1.27. The molecule has 3 aromatic heterocycles. The van der Waals surface area contributed by atoms with Gasteiger partial charge in [0.1, 0.15) is 0 Å². The highest BCUT2D eigenvalue weighted by molar-refractivity contribution is 5.76. The number of rotatable bonds is 8. The van der Waals surface area contributed by atoms with Crippen LogP contribution < -0.4 is 5.32 Å². The van der Waals surface area contributed by atoms with E-state index >= 15 is 0 Å². The lowest BCUT2D eigenvalue weighted by Gasteiger charge is -2.03. The number of aromatic nitrogens is 4. The summed E-state index contributed by atoms with van der Waals surface area (Å²) in [7, 11) is 0. The van der Waals surface area contributed by atoms with Gasteiger partial charge in [-0.2, -0.15) is 10.1 Å². The molecule has 0 aliphatic rings. The molecule has 28 heavy (non-hydrogen) atoms. The standard InChI is InChI=1S/C20H19N5O3/c26-18(8-9-19-23-20(24-28-19)17-7-4-12-27-17)21-11-10-15-13-22-25(14-15)16-5-2-1-3-6-16/h1-7,12-14H,8-11H2,(H,21,26). The molecular weight excluding hydrogens is 358 g/mol. The first-order valence-corrected chi connectivity index (χ1v) is 9.00. The van der Waals surface area contributed by atoms with Gasteiger partial charge in [0, 0.05) is 25.6 Å². The maximum absolute atomic E-state index is 12.0. The van der Waals surface area contributed by atoms with Gasteiger partial charge in [0.25, 0.3) is 0 Å². The van der Waals surface area contributed by atoms with Crippen molar-refractivity contribution in [3.8, 4) is 17.3 Å². The first kappa shape index (κ1) is 17.7. The summed E-state index contributed by atoms with van der Waals surface area (Å²) >= 11 is 0. The lowest BCUT2D eigenvalue weighted by atomic mass is 10.2. The van der Waals surface area contributed by atoms with Crippen LogP contribution in [-0.4, -0.2) is 32.4 Å². The molecule has 4 aromatic rings. The highest BCUT2D eigenvalue weighted by Crippen LogP contribution is 2.16. The molecule has 0 saturated carbocycles. The van der Waals surface area contributed by atoms with E-state index in [1.807, 2.05) is 47.4 Å². The number of furan rings is 1. The fourth-order valence-electron chi connectivity index (χ4n) is 2.73. The predicted octanol–water partition coefficient (Wildman–Crippen LogP) is 2.81. The van der Waals surface area contributed by atoms with Crippen LogP contribution in [0.2, 0.25) is 0 Å². The molecule has 1 aromatic carbocycles. The van der Waals surface area contributed by atoms with Gasteiger partial charge in [0.05, 0.1) is 18.1 Å². The highest BCUT2D eigenvalue weighted by Gasteiger charge is 2.12. The van der Waals surface area contributed by atoms with Gasteiger partial charge in [-0.1, -0.05) is 23.4 Å². The Morgan fingerprint density at radius 1 is 1.11 bits per heavy atom. The van der Waals surface area contributed by atoms with E-state index in [1.54, 1.807) is 18.4 Å². The molecule has 4 rings (SSSR count). The van der Waals surface area contributed by atoms with Crippen LogP contribution >= 0.6 is 0 Å². The molecule has 1 N–H and O–H groups in total. The maximum Gasteiger partial charge on any atom is 0.238 e. The fourth-order valence-corrected chi connectivity index (χ4v) is 2.73. The van der Waals surface area contributed by atoms with Crippen molar-refractivity contribution in [2.75, 3.05) is 6.54 Å². The van der Waals surface area contributed by atoms with Crippen LogP contribution in [0.25, 0.3) is 17.3 Å². The van der Waals surface area contributed by atoms with E-state index in [0.29, 0.717) is 36.9 Å². The molecule has 3 heterocycles. The number of para-hydroxylation sites is 1. The summed E-state index contributed by atoms with van der Waals surface area (Å²) in [4.78, 5) is 16.2. The molecule has 0 aliphatic heterocycles. The molecule has 0 aliphatic carbocycles. The number of hydrogen-bond donors (Lipinski definition) is 1. The third-order valence-corrected chi connectivity index (χ3v) is 4.17. The van der Waals surface area contributed by atoms with Crippen molar-refractivity contribution < 1.29 is 13.7 Å². The van der Waals surface area contributed by atoms with Crippen molar-refractivity contribution in [1.29, 1.82) is 0 Å². The van der Waals surface area contributed by atoms with Crippen LogP contribution in [0.4, 0.5) is 0 Å². The Morgan fingerprint density at radius 2 is 2.00 bits per heavy atom. The highest BCUT2D eigenvalue weighted by atomic mass is 16.5. The summed E-state index contributed by atoms with van der Waals surface area (Å²) in [5, 5.41) is 11.1. The molecule has 0 fully saturated rings. The summed E-state index contributed by atoms with van der Waals surface area (Å²) in [6, 6.07) is 13.4. The van der Waals surface area contributed by atoms with E-state index in [-0.39, 0.29) is 12.3 Å². The molecule has 0 atom stereocenters. The van der Waals surface area contributed by atoms with E-state index in [4.69, 9.17) is 8.94 Å². The predicted molar refractivity (Wildman–Crippen MR) is 101 cm³/mol. The smallest absolute Gasteiger partial charge is 0.238 e. The molecule has 8 heteroatoms. The van der Waals surface area contributed by atoms with Gasteiger partial charge in [-0.3, -0.25) is 4.79 Å². The second-order valence-corrected chi connectivity index (χ2v) is 6.22. The second-order valence-electron chi connectivity index (χ2n) is 6.22. The molecule has 0 bridgehead atoms. The van der Waals surface area contributed by atoms with Crippen LogP contribution in [0.15, 0.2) is 70.1 Å². The van der Waals surface area contributed by atoms with Gasteiger partial charge in [0.15, 0.2) is 5.76 Å². The van der Waals surface area contributed by atoms with Crippen molar-refractivity contribution >= 4 is 5.91 Å². The summed E-state index contributed by atoms with van der Waals surface area (Å²) in [5.41, 5.74) is 2.07. The number of amides is 1. The minimum atomic E-state index is -0.0619. The largest absolute Gasteiger partial charge is 0.461 e. The normalized spacial score (nSPS) is 10.9. The number of nitrogens with zero attached hydrogens (tertiary/aromatic N) is 4. The second kappa shape index (κ2) is 8.34. The first-order chi connectivity index (χ1) is 13.8. The van der Waals surface area contributed by atoms with E-state index in [9.17, 15) is 4.79 Å². The Morgan fingerprint density at radius 3 is 2.82 bits per heavy atom. The number of nitrogens with one attached hydrogen (secondary N) is 1. The number of carbonyl (C=O) groups is 1. The Bertz CT molecular complexity index is 1020. The number of benzene rings is 1. The Balaban J connectivity index is 1.21. The Kier molecular flexibility index (Phi) is 5.28. The van der Waals surface area contributed by atoms with Gasteiger partial charge in [-0.25, -0.2) is 4.68 Å². The minimum absolute atomic E-state index is 0.0619. The zero-order valence-electron chi connectivity index (χ0n) is 15.1. The first-order valence-electron chi connectivity index (χ1n) is 9.00. The molecule has 0 unspecified atom stereocenters. The monoisotopic (exact) mass is 377 g/mol. The third kappa shape index (κ3) is 4.35. The third-order valence-electron chi connectivity index (χ3n) is 4.17. The maximum atomic E-state index is 12.0. The lowest BCUT2D eigenvalue weighted by Crippen LogP contribution is -2.25. The van der Waals surface area contributed by atoms with Crippen molar-refractivity contribution in [3.63, 3.8) is 0 Å². The van der Waals surface area contributed by atoms with E-state index in [0.717, 1.165) is 11.3 Å². The quantitative estimate of drug-likeness (QED) is 0.507. The molecular formula is C20H19N5O3. The lowest BCUT2D eigenvalue weighted by molar-refractivity contribution is -0.121. The van der Waals surface area contributed by atoms with Crippen LogP contribution in [0.1, 0.15) is 17.9 Å². The van der Waals surface area contributed by atoms with E-state index in [1.165, 1.54) is 0 Å². The molecule has 8 nitrogen and oxygen atoms in total. The fraction of sp³-hybridized carbons (Fsp3) is 0.200. The van der Waals surface area contributed by atoms with Crippen molar-refractivity contribution in [1.82, 2.24) is 25.2 Å². The van der Waals surface area contributed by atoms with Crippen molar-refractivity contribution in [2.24, 2.45) is 0 Å². The summed E-state index contributed by atoms with van der Waals surface area (Å²) in [6.45, 7) is 0.542. The van der Waals surface area contributed by atoms with Crippen LogP contribution in [0.3, 0.4) is 0 Å². The number of hydrogen-bond acceptors (Lipinski definition) is 6. The van der Waals surface area contributed by atoms with Crippen LogP contribution in [-0.2, 0) is 17.6 Å². The van der Waals surface area contributed by atoms with Gasteiger partial charge >= 0.3 is 0 Å². The average molecular weight is 377 g/mol. The van der Waals surface area contributed by atoms with Crippen molar-refractivity contribution in [3.05, 3.63) is 72.6 Å². The molecule has 142 valence electrons.